The Balaban J connectivity index is 0.000000141. The van der Waals surface area contributed by atoms with E-state index in [0.29, 0.717) is 39.8 Å². The molecular formula is C88H80ClFN20O26P4S8. The topological polar surface area (TPSA) is 674 Å². The van der Waals surface area contributed by atoms with Gasteiger partial charge in [0.25, 0.3) is 22.2 Å². The van der Waals surface area contributed by atoms with Gasteiger partial charge in [-0.25, -0.2) is 56.8 Å². The summed E-state index contributed by atoms with van der Waals surface area (Å²) < 4.78 is 198. The Labute approximate surface area is 858 Å². The predicted molar refractivity (Wildman–Crippen MR) is 567 cm³/mol. The van der Waals surface area contributed by atoms with Crippen molar-refractivity contribution < 1.29 is 105 Å². The first-order valence-electron chi connectivity index (χ1n) is 42.5. The van der Waals surface area contributed by atoms with Crippen molar-refractivity contribution in [1.82, 2.24) is 39.1 Å². The lowest BCUT2D eigenvalue weighted by atomic mass is 10.1. The summed E-state index contributed by atoms with van der Waals surface area (Å²) in [4.78, 5) is 96.9. The maximum atomic E-state index is 13.7. The predicted octanol–water partition coefficient (Wildman–Crippen LogP) is 10.9. The minimum absolute atomic E-state index is 0.00910. The molecule has 770 valence electrons. The number of thiophene rings is 4. The number of halogens is 2. The van der Waals surface area contributed by atoms with Crippen LogP contribution in [0.4, 0.5) is 49.9 Å². The Bertz CT molecular complexity index is 8940. The Morgan fingerprint density at radius 2 is 0.709 bits per heavy atom. The number of furan rings is 1. The van der Waals surface area contributed by atoms with Crippen LogP contribution in [0.3, 0.4) is 0 Å². The average molecular weight is 2270 g/mol. The smallest absolute Gasteiger partial charge is 0.346 e. The van der Waals surface area contributed by atoms with Crippen LogP contribution in [0.2, 0.25) is 5.02 Å². The minimum Gasteiger partial charge on any atom is -0.505 e. The van der Waals surface area contributed by atoms with Crippen molar-refractivity contribution in [3.8, 4) is 68.0 Å². The molecule has 4 aliphatic heterocycles. The number of benzene rings is 6. The summed E-state index contributed by atoms with van der Waals surface area (Å²) in [6.07, 6.45) is 6.97. The van der Waals surface area contributed by atoms with Gasteiger partial charge >= 0.3 is 30.1 Å². The highest BCUT2D eigenvalue weighted by Gasteiger charge is 2.41. The summed E-state index contributed by atoms with van der Waals surface area (Å²) in [6.45, 7) is 1.95. The van der Waals surface area contributed by atoms with Gasteiger partial charge in [-0.05, 0) is 161 Å². The van der Waals surface area contributed by atoms with E-state index in [9.17, 15) is 115 Å². The van der Waals surface area contributed by atoms with Crippen LogP contribution in [0.5, 0.6) is 23.0 Å². The zero-order chi connectivity index (χ0) is 106. The maximum Gasteiger partial charge on any atom is 0.346 e. The lowest BCUT2D eigenvalue weighted by molar-refractivity contribution is 0.105. The van der Waals surface area contributed by atoms with Crippen molar-refractivity contribution in [2.75, 3.05) is 72.3 Å². The molecule has 5 atom stereocenters. The molecule has 5 unspecified atom stereocenters. The second-order valence-electron chi connectivity index (χ2n) is 32.8. The molecule has 15 aromatic rings. The molecule has 0 fully saturated rings. The van der Waals surface area contributed by atoms with E-state index >= 15 is 0 Å². The normalized spacial score (nSPS) is 17.3. The Hall–Kier alpha value is -14.1. The first-order valence-corrected chi connectivity index (χ1v) is 60.7. The van der Waals surface area contributed by atoms with Gasteiger partial charge in [0.1, 0.15) is 50.8 Å². The molecule has 0 radical (unpaired) electrons. The Morgan fingerprint density at radius 3 is 0.986 bits per heavy atom. The molecule has 19 rings (SSSR count). The number of aromatic nitrogens is 8. The summed E-state index contributed by atoms with van der Waals surface area (Å²) in [5, 5.41) is 86.2. The highest BCUT2D eigenvalue weighted by molar-refractivity contribution is 7.92. The third-order valence-electron chi connectivity index (χ3n) is 21.6. The summed E-state index contributed by atoms with van der Waals surface area (Å²) in [5.41, 5.74) is 0.656. The van der Waals surface area contributed by atoms with Crippen LogP contribution >= 0.6 is 87.0 Å². The number of aromatic hydroxyl groups is 4. The lowest BCUT2D eigenvalue weighted by Gasteiger charge is -2.23. The number of nitrogens with one attached hydrogen (secondary N) is 8. The molecule has 0 saturated carbocycles. The van der Waals surface area contributed by atoms with E-state index in [1.165, 1.54) is 146 Å². The molecule has 0 spiro atoms. The minimum atomic E-state index is -4.55. The lowest BCUT2D eigenvalue weighted by Crippen LogP contribution is -2.35. The van der Waals surface area contributed by atoms with Crippen LogP contribution in [0, 0.1) is 5.82 Å². The van der Waals surface area contributed by atoms with Gasteiger partial charge in [-0.15, -0.1) is 0 Å². The van der Waals surface area contributed by atoms with E-state index in [1.807, 2.05) is 37.3 Å². The van der Waals surface area contributed by atoms with E-state index in [1.54, 1.807) is 80.5 Å². The standard InChI is InChI=1S/C23H18ClFN5O6PS2.C23H20N5O6PS2.C21H18N5O7PS2.C21H24N5O7PS2/c1-39(35,36)29-14-3-5-17-18(9-14)37(33,34)28-22(26-17)19-21(31)20(13-6-7-38-11-13)27-30(23(19)32)10-12-2-4-16(25)15(24)8-12;1-37(33,34)27-16-7-8-17-18(11-16)35(31,32)26-22(24-17)19-21(29)20(15-9-10-36-13-15)25-28(23(19)30)12-14-5-3-2-4-6-14;1-36(31,32)25-14-2-3-15-16(8-14)34(29,30)24-20(22-15)17-19(27)18(13-5-7-35-11-13)23-26(21(17)28)9-12-4-6-33-10-12;1-12(33-2)6-8-26-21(28)17(19(27)18(23-26)13-7-9-35-11-13)20-22-15-5-4-14(25-36(3,31)32)10-16(15)34(29,30)24-20/h2-9,11,29,31H,10H2,1H3,(H2,26,28,33,34);2-11,13,27,29H,12H2,1H3,(H2,24,26,31,32);2-8,10-11,25,27H,9H2,1H3,(H2,22,24,29,30);4-5,7,9-12,25,27H,6,8H2,1-3H3,(H2,22,24,29,30). The molecule has 4 aliphatic rings. The van der Waals surface area contributed by atoms with Crippen LogP contribution in [-0.2, 0) is 89.3 Å². The van der Waals surface area contributed by atoms with Crippen molar-refractivity contribution >= 4 is 217 Å². The number of sulfonamides is 4. The van der Waals surface area contributed by atoms with Gasteiger partial charge in [-0.2, -0.15) is 84.8 Å². The number of nitrogens with zero attached hydrogens (tertiary/aromatic N) is 12. The fourth-order valence-electron chi connectivity index (χ4n) is 14.9. The SMILES string of the molecule is COC(C)CCn1nc(-c2ccsc2)c(O)c(C2=NP(=O)(O)c3cc(NS(C)(=O)=O)ccc3N2)c1=O.CS(=O)(=O)Nc1ccc2c(c1)P(=O)(O)N=C(c1c(O)c(-c3ccsc3)nn(Cc3ccc(F)c(Cl)c3)c1=O)N2.CS(=O)(=O)Nc1ccc2c(c1)P(=O)(O)N=C(c1c(O)c(-c3ccsc3)nn(Cc3ccccc3)c1=O)N2.CS(=O)(=O)Nc1ccc2c(c1)P(=O)(O)N=C(c1c(O)c(-c3ccsc3)nn(Cc3ccoc3)c1=O)N2. The van der Waals surface area contributed by atoms with E-state index in [4.69, 9.17) is 20.8 Å². The van der Waals surface area contributed by atoms with Crippen LogP contribution in [0.15, 0.2) is 250 Å². The molecule has 13 heterocycles. The zero-order valence-corrected chi connectivity index (χ0v) is 87.8. The third kappa shape index (κ3) is 24.3. The number of aryl methyl sites for hydroxylation is 1. The first-order chi connectivity index (χ1) is 69.7. The summed E-state index contributed by atoms with van der Waals surface area (Å²) in [6, 6.07) is 37.3. The van der Waals surface area contributed by atoms with Crippen LogP contribution in [-0.4, -0.2) is 174 Å². The number of ether oxygens (including phenoxy) is 1. The van der Waals surface area contributed by atoms with E-state index < -0.39 is 127 Å². The van der Waals surface area contributed by atoms with Crippen LogP contribution in [0.1, 0.15) is 52.3 Å². The van der Waals surface area contributed by atoms with E-state index in [2.05, 4.69) is 79.6 Å². The Morgan fingerprint density at radius 1 is 0.412 bits per heavy atom. The average Bonchev–Trinajstić information content (AvgIpc) is 0.819. The molecule has 60 heteroatoms. The van der Waals surface area contributed by atoms with Gasteiger partial charge in [-0.1, -0.05) is 48.0 Å². The summed E-state index contributed by atoms with van der Waals surface area (Å²) >= 11 is 11.3. The molecule has 16 N–H and O–H groups in total. The first kappa shape index (κ1) is 107. The van der Waals surface area contributed by atoms with Crippen molar-refractivity contribution in [3.63, 3.8) is 0 Å². The van der Waals surface area contributed by atoms with Crippen molar-refractivity contribution in [2.45, 2.75) is 45.6 Å². The molecule has 0 amide bonds. The molecule has 148 heavy (non-hydrogen) atoms. The number of methoxy groups -OCH3 is 1. The molecule has 0 aliphatic carbocycles. The van der Waals surface area contributed by atoms with E-state index in [0.717, 1.165) is 52.1 Å². The Kier molecular flexibility index (Phi) is 30.5. The number of amidine groups is 4. The number of hydrogen-bond acceptors (Lipinski definition) is 34. The molecule has 0 bridgehead atoms. The molecule has 9 aromatic heterocycles. The van der Waals surface area contributed by atoms with Gasteiger partial charge in [0, 0.05) is 85.7 Å². The monoisotopic (exact) mass is 2270 g/mol. The highest BCUT2D eigenvalue weighted by atomic mass is 35.5. The van der Waals surface area contributed by atoms with E-state index in [-0.39, 0.29) is 167 Å². The highest BCUT2D eigenvalue weighted by Crippen LogP contribution is 2.53. The quantitative estimate of drug-likeness (QED) is 0.0224. The fraction of sp³-hybridized carbons (Fsp3) is 0.136. The third-order valence-corrected chi connectivity index (χ3v) is 32.9. The van der Waals surface area contributed by atoms with Crippen LogP contribution in [0.25, 0.3) is 45.0 Å². The van der Waals surface area contributed by atoms with Gasteiger partial charge in [0.05, 0.1) is 112 Å². The second-order valence-corrected chi connectivity index (χ2v) is 50.5. The van der Waals surface area contributed by atoms with Crippen molar-refractivity contribution in [3.05, 3.63) is 298 Å². The van der Waals surface area contributed by atoms with Crippen molar-refractivity contribution in [1.29, 1.82) is 0 Å². The maximum absolute atomic E-state index is 13.7. The van der Waals surface area contributed by atoms with Crippen molar-refractivity contribution in [2.24, 2.45) is 19.1 Å². The van der Waals surface area contributed by atoms with Gasteiger partial charge in [-0.3, -0.25) is 56.3 Å². The van der Waals surface area contributed by atoms with Gasteiger partial charge in [0.2, 0.25) is 40.1 Å². The number of rotatable bonds is 26. The second kappa shape index (κ2) is 42.3. The molecule has 0 saturated heterocycles. The van der Waals surface area contributed by atoms with Crippen LogP contribution < -0.4 is 83.6 Å². The van der Waals surface area contributed by atoms with Gasteiger partial charge in [0.15, 0.2) is 46.3 Å². The van der Waals surface area contributed by atoms with Gasteiger partial charge < -0.3 is 70.4 Å². The number of fused-ring (bicyclic) bond motifs is 4. The fourth-order valence-corrected chi connectivity index (χ4v) is 25.0. The molecule has 46 nitrogen and oxygen atoms in total. The summed E-state index contributed by atoms with van der Waals surface area (Å²) in [7, 11) is -30.9. The largest absolute Gasteiger partial charge is 0.505 e. The number of hydrogen-bond donors (Lipinski definition) is 16. The summed E-state index contributed by atoms with van der Waals surface area (Å²) in [5.74, 6) is -4.00. The molecular weight excluding hydrogens is 2190 g/mol. The zero-order valence-electron chi connectivity index (χ0n) is 76.9. The molecule has 6 aromatic carbocycles. The number of anilines is 8.